The largest absolute Gasteiger partial charge is 0.445 e. The van der Waals surface area contributed by atoms with E-state index in [2.05, 4.69) is 5.32 Å². The minimum atomic E-state index is -0.952. The van der Waals surface area contributed by atoms with Crippen molar-refractivity contribution in [2.24, 2.45) is 0 Å². The molecule has 0 aromatic heterocycles. The lowest BCUT2D eigenvalue weighted by Gasteiger charge is -2.40. The zero-order valence-corrected chi connectivity index (χ0v) is 18.7. The van der Waals surface area contributed by atoms with E-state index >= 15 is 0 Å². The van der Waals surface area contributed by atoms with Gasteiger partial charge >= 0.3 is 6.09 Å². The molecule has 0 aliphatic carbocycles. The molecule has 34 heavy (non-hydrogen) atoms. The van der Waals surface area contributed by atoms with Crippen molar-refractivity contribution in [3.05, 3.63) is 107 Å². The molecule has 1 saturated heterocycles. The van der Waals surface area contributed by atoms with Gasteiger partial charge in [0, 0.05) is 19.6 Å². The summed E-state index contributed by atoms with van der Waals surface area (Å²) in [6.07, 6.45) is 0.426. The van der Waals surface area contributed by atoms with Crippen molar-refractivity contribution in [2.75, 3.05) is 13.1 Å². The summed E-state index contributed by atoms with van der Waals surface area (Å²) in [6, 6.07) is 22.5. The van der Waals surface area contributed by atoms with Crippen molar-refractivity contribution in [2.45, 2.75) is 31.4 Å². The van der Waals surface area contributed by atoms with E-state index in [9.17, 15) is 18.4 Å². The molecule has 1 N–H and O–H groups in total. The zero-order chi connectivity index (χ0) is 24.0. The van der Waals surface area contributed by atoms with Crippen LogP contribution in [0.25, 0.3) is 0 Å². The van der Waals surface area contributed by atoms with Gasteiger partial charge in [0.25, 0.3) is 0 Å². The highest BCUT2D eigenvalue weighted by atomic mass is 19.2. The summed E-state index contributed by atoms with van der Waals surface area (Å²) >= 11 is 0. The van der Waals surface area contributed by atoms with Gasteiger partial charge in [0.05, 0.1) is 5.41 Å². The second kappa shape index (κ2) is 10.5. The smallest absolute Gasteiger partial charge is 0.410 e. The van der Waals surface area contributed by atoms with Gasteiger partial charge in [-0.3, -0.25) is 4.79 Å². The number of carbonyl (C=O) groups excluding carboxylic acids is 2. The molecule has 7 heteroatoms. The van der Waals surface area contributed by atoms with E-state index in [4.69, 9.17) is 4.74 Å². The van der Waals surface area contributed by atoms with E-state index in [-0.39, 0.29) is 19.1 Å². The summed E-state index contributed by atoms with van der Waals surface area (Å²) in [4.78, 5) is 27.6. The number of carbonyl (C=O) groups is 2. The number of hydrogen-bond acceptors (Lipinski definition) is 3. The Morgan fingerprint density at radius 1 is 0.853 bits per heavy atom. The van der Waals surface area contributed by atoms with E-state index in [0.717, 1.165) is 23.3 Å². The highest BCUT2D eigenvalue weighted by molar-refractivity contribution is 5.88. The summed E-state index contributed by atoms with van der Waals surface area (Å²) in [5.41, 5.74) is 1.39. The van der Waals surface area contributed by atoms with Gasteiger partial charge in [-0.1, -0.05) is 66.7 Å². The lowest BCUT2D eigenvalue weighted by Crippen LogP contribution is -2.52. The fraction of sp³-hybridized carbons (Fsp3) is 0.259. The van der Waals surface area contributed by atoms with Gasteiger partial charge in [-0.25, -0.2) is 13.6 Å². The van der Waals surface area contributed by atoms with Crippen molar-refractivity contribution < 1.29 is 23.1 Å². The molecule has 0 bridgehead atoms. The van der Waals surface area contributed by atoms with E-state index in [1.54, 1.807) is 4.90 Å². The number of piperidine rings is 1. The number of halogens is 2. The Morgan fingerprint density at radius 3 is 2.15 bits per heavy atom. The van der Waals surface area contributed by atoms with E-state index < -0.39 is 23.1 Å². The molecular weight excluding hydrogens is 438 g/mol. The zero-order valence-electron chi connectivity index (χ0n) is 18.7. The number of nitrogens with one attached hydrogen (secondary N) is 1. The van der Waals surface area contributed by atoms with Crippen LogP contribution in [0.15, 0.2) is 78.9 Å². The molecule has 176 valence electrons. The average Bonchev–Trinajstić information content (AvgIpc) is 2.89. The highest BCUT2D eigenvalue weighted by Crippen LogP contribution is 2.36. The van der Waals surface area contributed by atoms with Crippen molar-refractivity contribution in [3.8, 4) is 0 Å². The molecule has 0 radical (unpaired) electrons. The molecule has 4 rings (SSSR count). The fourth-order valence-electron chi connectivity index (χ4n) is 4.29. The Bertz CT molecular complexity index is 1130. The van der Waals surface area contributed by atoms with E-state index in [1.165, 1.54) is 6.07 Å². The Morgan fingerprint density at radius 2 is 1.50 bits per heavy atom. The van der Waals surface area contributed by atoms with Gasteiger partial charge in [0.2, 0.25) is 5.91 Å². The topological polar surface area (TPSA) is 58.6 Å². The van der Waals surface area contributed by atoms with Gasteiger partial charge < -0.3 is 15.0 Å². The van der Waals surface area contributed by atoms with Crippen LogP contribution >= 0.6 is 0 Å². The molecule has 1 aliphatic heterocycles. The predicted octanol–water partition coefficient (Wildman–Crippen LogP) is 4.95. The van der Waals surface area contributed by atoms with Gasteiger partial charge in [-0.15, -0.1) is 0 Å². The molecule has 0 spiro atoms. The Balaban J connectivity index is 1.43. The van der Waals surface area contributed by atoms with Crippen LogP contribution in [0, 0.1) is 11.6 Å². The normalized spacial score (nSPS) is 14.9. The van der Waals surface area contributed by atoms with Gasteiger partial charge in [0.1, 0.15) is 6.61 Å². The quantitative estimate of drug-likeness (QED) is 0.562. The SMILES string of the molecule is O=C(OCc1ccccc1)N1CCC(C(=O)NCc2ccc(F)c(F)c2)(c2ccccc2)CC1. The predicted molar refractivity (Wildman–Crippen MR) is 124 cm³/mol. The van der Waals surface area contributed by atoms with Gasteiger partial charge in [-0.05, 0) is 41.7 Å². The van der Waals surface area contributed by atoms with E-state index in [1.807, 2.05) is 60.7 Å². The second-order valence-electron chi connectivity index (χ2n) is 8.41. The maximum absolute atomic E-state index is 13.6. The Kier molecular flexibility index (Phi) is 7.21. The molecular formula is C27H26F2N2O3. The number of hydrogen-bond donors (Lipinski definition) is 1. The number of benzene rings is 3. The molecule has 3 aromatic carbocycles. The lowest BCUT2D eigenvalue weighted by molar-refractivity contribution is -0.128. The summed E-state index contributed by atoms with van der Waals surface area (Å²) in [7, 11) is 0. The molecule has 5 nitrogen and oxygen atoms in total. The second-order valence-corrected chi connectivity index (χ2v) is 8.41. The third-order valence-corrected chi connectivity index (χ3v) is 6.28. The average molecular weight is 465 g/mol. The first kappa shape index (κ1) is 23.4. The summed E-state index contributed by atoms with van der Waals surface area (Å²) in [5, 5.41) is 2.88. The summed E-state index contributed by atoms with van der Waals surface area (Å²) in [5.74, 6) is -2.09. The Labute approximate surface area is 197 Å². The van der Waals surface area contributed by atoms with Gasteiger partial charge in [-0.2, -0.15) is 0 Å². The maximum atomic E-state index is 13.6. The maximum Gasteiger partial charge on any atom is 0.410 e. The minimum absolute atomic E-state index is 0.0768. The third kappa shape index (κ3) is 5.25. The van der Waals surface area contributed by atoms with Crippen LogP contribution < -0.4 is 5.32 Å². The van der Waals surface area contributed by atoms with Crippen molar-refractivity contribution in [1.29, 1.82) is 0 Å². The number of rotatable bonds is 6. The highest BCUT2D eigenvalue weighted by Gasteiger charge is 2.43. The van der Waals surface area contributed by atoms with Crippen LogP contribution in [0.2, 0.25) is 0 Å². The molecule has 0 saturated carbocycles. The van der Waals surface area contributed by atoms with E-state index in [0.29, 0.717) is 31.5 Å². The molecule has 1 aliphatic rings. The number of amides is 2. The summed E-state index contributed by atoms with van der Waals surface area (Å²) in [6.45, 7) is 0.990. The number of likely N-dealkylation sites (tertiary alicyclic amines) is 1. The first-order valence-electron chi connectivity index (χ1n) is 11.2. The fourth-order valence-corrected chi connectivity index (χ4v) is 4.29. The first-order chi connectivity index (χ1) is 16.5. The van der Waals surface area contributed by atoms with Crippen LogP contribution in [0.3, 0.4) is 0 Å². The Hall–Kier alpha value is -3.74. The van der Waals surface area contributed by atoms with Gasteiger partial charge in [0.15, 0.2) is 11.6 Å². The number of nitrogens with zero attached hydrogens (tertiary/aromatic N) is 1. The lowest BCUT2D eigenvalue weighted by atomic mass is 9.72. The summed E-state index contributed by atoms with van der Waals surface area (Å²) < 4.78 is 32.2. The molecule has 0 unspecified atom stereocenters. The van der Waals surface area contributed by atoms with Crippen LogP contribution in [0.4, 0.5) is 13.6 Å². The van der Waals surface area contributed by atoms with Crippen molar-refractivity contribution >= 4 is 12.0 Å². The van der Waals surface area contributed by atoms with Crippen LogP contribution in [0.5, 0.6) is 0 Å². The molecule has 1 fully saturated rings. The number of ether oxygens (including phenoxy) is 1. The van der Waals surface area contributed by atoms with Crippen molar-refractivity contribution in [3.63, 3.8) is 0 Å². The van der Waals surface area contributed by atoms with Crippen LogP contribution in [0.1, 0.15) is 29.5 Å². The van der Waals surface area contributed by atoms with Crippen LogP contribution in [-0.4, -0.2) is 30.0 Å². The van der Waals surface area contributed by atoms with Crippen LogP contribution in [-0.2, 0) is 28.1 Å². The molecule has 1 heterocycles. The third-order valence-electron chi connectivity index (χ3n) is 6.28. The minimum Gasteiger partial charge on any atom is -0.445 e. The monoisotopic (exact) mass is 464 g/mol. The standard InChI is InChI=1S/C27H26F2N2O3/c28-23-12-11-21(17-24(23)29)18-30-25(32)27(22-9-5-2-6-10-22)13-15-31(16-14-27)26(33)34-19-20-7-3-1-4-8-20/h1-12,17H,13-16,18-19H2,(H,30,32). The molecule has 0 atom stereocenters. The molecule has 2 amide bonds. The van der Waals surface area contributed by atoms with Crippen molar-refractivity contribution in [1.82, 2.24) is 10.2 Å². The first-order valence-corrected chi connectivity index (χ1v) is 11.2. The molecule has 3 aromatic rings.